The number of carbonyl (C=O) groups excluding carboxylic acids is 2. The van der Waals surface area contributed by atoms with Crippen LogP contribution in [-0.2, 0) is 20.9 Å². The summed E-state index contributed by atoms with van der Waals surface area (Å²) in [5, 5.41) is 2.81. The molecular formula is C17H29KNO3PS. The van der Waals surface area contributed by atoms with Gasteiger partial charge in [-0.1, -0.05) is 44.2 Å². The normalized spacial score (nSPS) is 9.04. The van der Waals surface area contributed by atoms with Crippen LogP contribution in [0.25, 0.3) is 0 Å². The van der Waals surface area contributed by atoms with E-state index in [1.807, 2.05) is 64.9 Å². The summed E-state index contributed by atoms with van der Waals surface area (Å²) in [6.07, 6.45) is 0.424. The van der Waals surface area contributed by atoms with Crippen LogP contribution >= 0.6 is 20.3 Å². The van der Waals surface area contributed by atoms with Gasteiger partial charge in [0.1, 0.15) is 6.61 Å². The van der Waals surface area contributed by atoms with E-state index in [1.165, 1.54) is 20.3 Å². The van der Waals surface area contributed by atoms with Crippen LogP contribution in [-0.4, -0.2) is 37.3 Å². The summed E-state index contributed by atoms with van der Waals surface area (Å²) in [6.45, 7) is 6.27. The molecule has 132 valence electrons. The number of rotatable bonds is 7. The number of ether oxygens (including phenoxy) is 1. The van der Waals surface area contributed by atoms with Crippen LogP contribution in [0.1, 0.15) is 32.3 Å². The van der Waals surface area contributed by atoms with Crippen molar-refractivity contribution in [1.29, 1.82) is 0 Å². The zero-order valence-electron chi connectivity index (χ0n) is 15.8. The van der Waals surface area contributed by atoms with Gasteiger partial charge in [0.2, 0.25) is 0 Å². The van der Waals surface area contributed by atoms with Crippen LogP contribution in [0.3, 0.4) is 0 Å². The molecular weight excluding hydrogens is 368 g/mol. The molecule has 0 saturated carbocycles. The Morgan fingerprint density at radius 1 is 1.12 bits per heavy atom. The third-order valence-corrected chi connectivity index (χ3v) is 4.21. The smallest absolute Gasteiger partial charge is 0.532 e. The molecule has 0 fully saturated rings. The molecule has 4 nitrogen and oxygen atoms in total. The summed E-state index contributed by atoms with van der Waals surface area (Å²) in [7, 11) is 4.93. The number of nitrogens with one attached hydrogen (secondary N) is 1. The van der Waals surface area contributed by atoms with E-state index in [4.69, 9.17) is 4.74 Å². The third-order valence-electron chi connectivity index (χ3n) is 2.13. The second-order valence-electron chi connectivity index (χ2n) is 4.11. The van der Waals surface area contributed by atoms with Gasteiger partial charge >= 0.3 is 57.4 Å². The molecule has 7 heteroatoms. The van der Waals surface area contributed by atoms with Crippen LogP contribution in [0.5, 0.6) is 0 Å². The van der Waals surface area contributed by atoms with Gasteiger partial charge in [0.25, 0.3) is 0 Å². The topological polar surface area (TPSA) is 55.4 Å². The van der Waals surface area contributed by atoms with Crippen molar-refractivity contribution in [1.82, 2.24) is 5.32 Å². The number of benzene rings is 1. The standard InChI is InChI=1S/C13H16O3PS.C2H7N.C2H6.K/c1-17-10-18-13(15)8-7-12(14)16-9-11-5-3-2-4-6-11;1-3-2;1-2;/h2-6H,7-10H2,1H3;3H,1-2H3;1-2H3;/q-1;;;+1. The molecule has 1 aromatic rings. The molecule has 0 aromatic heterocycles. The molecule has 0 aliphatic heterocycles. The third kappa shape index (κ3) is 20.8. The first-order valence-electron chi connectivity index (χ1n) is 7.63. The molecule has 0 bridgehead atoms. The SMILES string of the molecule is CC.CNC.C[P-]CSC(=O)CCC(=O)OCc1ccccc1.[K+]. The van der Waals surface area contributed by atoms with Crippen LogP contribution < -0.4 is 56.7 Å². The van der Waals surface area contributed by atoms with Crippen molar-refractivity contribution in [2.24, 2.45) is 0 Å². The second-order valence-corrected chi connectivity index (χ2v) is 6.52. The molecule has 0 heterocycles. The predicted octanol–water partition coefficient (Wildman–Crippen LogP) is 1.17. The van der Waals surface area contributed by atoms with Crippen molar-refractivity contribution in [2.45, 2.75) is 33.3 Å². The Morgan fingerprint density at radius 2 is 1.67 bits per heavy atom. The van der Waals surface area contributed by atoms with Gasteiger partial charge in [-0.2, -0.15) is 6.66 Å². The maximum atomic E-state index is 11.4. The summed E-state index contributed by atoms with van der Waals surface area (Å²) in [6, 6.07) is 9.50. The Hall–Kier alpha value is 0.736. The number of carbonyl (C=O) groups is 2. The van der Waals surface area contributed by atoms with Crippen LogP contribution in [0, 0.1) is 0 Å². The quantitative estimate of drug-likeness (QED) is 0.425. The van der Waals surface area contributed by atoms with Gasteiger partial charge in [-0.05, 0) is 19.7 Å². The Balaban J connectivity index is -0.000000660. The molecule has 1 N–H and O–H groups in total. The average Bonchev–Trinajstić information content (AvgIpc) is 2.59. The molecule has 0 aliphatic carbocycles. The van der Waals surface area contributed by atoms with Gasteiger partial charge in [-0.15, -0.1) is 17.3 Å². The first kappa shape index (κ1) is 29.5. The van der Waals surface area contributed by atoms with E-state index in [-0.39, 0.29) is 81.9 Å². The van der Waals surface area contributed by atoms with E-state index < -0.39 is 0 Å². The minimum Gasteiger partial charge on any atom is -0.532 e. The molecule has 0 amide bonds. The van der Waals surface area contributed by atoms with E-state index in [9.17, 15) is 9.59 Å². The van der Waals surface area contributed by atoms with Crippen molar-refractivity contribution in [3.05, 3.63) is 35.9 Å². The van der Waals surface area contributed by atoms with Crippen molar-refractivity contribution >= 4 is 31.4 Å². The Kier molecular flexibility index (Phi) is 29.2. The molecule has 24 heavy (non-hydrogen) atoms. The van der Waals surface area contributed by atoms with Crippen molar-refractivity contribution in [3.8, 4) is 0 Å². The summed E-state index contributed by atoms with van der Waals surface area (Å²) in [4.78, 5) is 22.7. The fraction of sp³-hybridized carbons (Fsp3) is 0.529. The zero-order valence-corrected chi connectivity index (χ0v) is 20.6. The molecule has 0 saturated heterocycles. The van der Waals surface area contributed by atoms with Gasteiger partial charge < -0.3 is 18.6 Å². The predicted molar refractivity (Wildman–Crippen MR) is 102 cm³/mol. The number of esters is 1. The average molecular weight is 398 g/mol. The maximum absolute atomic E-state index is 11.4. The van der Waals surface area contributed by atoms with E-state index in [2.05, 4.69) is 5.32 Å². The summed E-state index contributed by atoms with van der Waals surface area (Å²) < 4.78 is 5.08. The molecule has 0 spiro atoms. The number of hydrogen-bond donors (Lipinski definition) is 1. The number of thioether (sulfide) groups is 1. The van der Waals surface area contributed by atoms with Gasteiger partial charge in [0, 0.05) is 6.42 Å². The van der Waals surface area contributed by atoms with E-state index >= 15 is 0 Å². The van der Waals surface area contributed by atoms with Gasteiger partial charge in [-0.3, -0.25) is 9.59 Å². The second kappa shape index (κ2) is 23.7. The van der Waals surface area contributed by atoms with Gasteiger partial charge in [-0.25, -0.2) is 0 Å². The maximum Gasteiger partial charge on any atom is 1.00 e. The molecule has 0 aliphatic rings. The fourth-order valence-corrected chi connectivity index (χ4v) is 2.56. The van der Waals surface area contributed by atoms with Crippen molar-refractivity contribution < 1.29 is 65.7 Å². The molecule has 1 aromatic carbocycles. The monoisotopic (exact) mass is 397 g/mol. The molecule has 0 radical (unpaired) electrons. The van der Waals surface area contributed by atoms with Crippen LogP contribution in [0.4, 0.5) is 0 Å². The Labute approximate surface area is 195 Å². The summed E-state index contributed by atoms with van der Waals surface area (Å²) in [5.74, 6) is -0.318. The number of hydrogen-bond acceptors (Lipinski definition) is 5. The van der Waals surface area contributed by atoms with E-state index in [0.29, 0.717) is 0 Å². The first-order chi connectivity index (χ1) is 11.1. The van der Waals surface area contributed by atoms with Crippen LogP contribution in [0.2, 0.25) is 0 Å². The summed E-state index contributed by atoms with van der Waals surface area (Å²) in [5.41, 5.74) is 1.74. The first-order valence-corrected chi connectivity index (χ1v) is 10.1. The molecule has 1 rings (SSSR count). The van der Waals surface area contributed by atoms with Gasteiger partial charge in [0.05, 0.1) is 6.42 Å². The minimum atomic E-state index is -0.318. The van der Waals surface area contributed by atoms with Crippen LogP contribution in [0.15, 0.2) is 30.3 Å². The molecule has 0 unspecified atom stereocenters. The summed E-state index contributed by atoms with van der Waals surface area (Å²) >= 11 is 1.27. The van der Waals surface area contributed by atoms with Gasteiger partial charge in [0.15, 0.2) is 5.12 Å². The van der Waals surface area contributed by atoms with Crippen molar-refractivity contribution in [3.63, 3.8) is 0 Å². The zero-order chi connectivity index (χ0) is 17.9. The largest absolute Gasteiger partial charge is 1.00 e. The molecule has 0 atom stereocenters. The fourth-order valence-electron chi connectivity index (χ4n) is 1.22. The Bertz CT molecular complexity index is 408. The van der Waals surface area contributed by atoms with Crippen molar-refractivity contribution in [2.75, 3.05) is 26.3 Å². The Morgan fingerprint density at radius 3 is 2.17 bits per heavy atom. The van der Waals surface area contributed by atoms with E-state index in [0.717, 1.165) is 11.1 Å². The van der Waals surface area contributed by atoms with E-state index in [1.54, 1.807) is 0 Å². The minimum absolute atomic E-state index is 0.